The molecule has 1 aliphatic heterocycles. The molecule has 44 heavy (non-hydrogen) atoms. The fraction of sp³-hybridized carbons (Fsp3) is 0.343. The molecule has 3 atom stereocenters. The molecule has 1 N–H and O–H groups in total. The lowest BCUT2D eigenvalue weighted by molar-refractivity contribution is -0.160. The molecule has 0 aromatic heterocycles. The second kappa shape index (κ2) is 11.7. The van der Waals surface area contributed by atoms with Crippen LogP contribution in [0.4, 0.5) is 5.69 Å². The lowest BCUT2D eigenvalue weighted by atomic mass is 9.55. The molecule has 2 bridgehead atoms. The summed E-state index contributed by atoms with van der Waals surface area (Å²) in [5.41, 5.74) is 4.95. The van der Waals surface area contributed by atoms with E-state index in [-0.39, 0.29) is 42.6 Å². The van der Waals surface area contributed by atoms with Crippen molar-refractivity contribution >= 4 is 35.3 Å². The van der Waals surface area contributed by atoms with Gasteiger partial charge in [-0.05, 0) is 65.8 Å². The third-order valence-electron chi connectivity index (χ3n) is 8.79. The molecule has 3 aromatic rings. The van der Waals surface area contributed by atoms with Gasteiger partial charge >= 0.3 is 11.9 Å². The average Bonchev–Trinajstić information content (AvgIpc) is 3.28. The highest BCUT2D eigenvalue weighted by atomic mass is 16.5. The summed E-state index contributed by atoms with van der Waals surface area (Å²) in [5.74, 6) is -4.42. The number of ether oxygens (including phenoxy) is 2. The van der Waals surface area contributed by atoms with Crippen molar-refractivity contribution in [1.82, 2.24) is 4.90 Å². The standard InChI is InChI=1S/C35H34N2O7/c1-4-43-34(41)20-13-15-21(16-14-20)36-27(38)18-44-35(42)26(17-19(2)3)37-32(39)30-28-22-9-5-6-10-23(22)29(31(30)33(37)40)25-12-8-7-11-24(25)28/h5-16,19,26,28-31H,4,17-18H2,1-3H3,(H,36,38)/t26-,28?,29?,30+,31+/m0/s1. The fourth-order valence-electron chi connectivity index (χ4n) is 7.10. The Morgan fingerprint density at radius 2 is 1.27 bits per heavy atom. The number of nitrogens with zero attached hydrogens (tertiary/aromatic N) is 1. The Morgan fingerprint density at radius 1 is 0.773 bits per heavy atom. The van der Waals surface area contributed by atoms with Crippen LogP contribution < -0.4 is 5.32 Å². The zero-order valence-electron chi connectivity index (χ0n) is 24.8. The first-order valence-electron chi connectivity index (χ1n) is 15.0. The molecule has 1 fully saturated rings. The van der Waals surface area contributed by atoms with Crippen LogP contribution >= 0.6 is 0 Å². The molecule has 1 saturated heterocycles. The van der Waals surface area contributed by atoms with Crippen molar-refractivity contribution in [2.75, 3.05) is 18.5 Å². The Morgan fingerprint density at radius 3 is 1.73 bits per heavy atom. The van der Waals surface area contributed by atoms with E-state index in [4.69, 9.17) is 9.47 Å². The minimum Gasteiger partial charge on any atom is -0.462 e. The van der Waals surface area contributed by atoms with E-state index in [0.29, 0.717) is 11.3 Å². The fourth-order valence-corrected chi connectivity index (χ4v) is 7.10. The SMILES string of the molecule is CCOC(=O)c1ccc(NC(=O)COC(=O)[C@H](CC(C)C)N2C(=O)[C@@H]3C4c5ccccc5C(c5ccccc54)[C@H]3C2=O)cc1. The Labute approximate surface area is 255 Å². The molecule has 9 heteroatoms. The van der Waals surface area contributed by atoms with Crippen LogP contribution in [-0.2, 0) is 28.7 Å². The maximum Gasteiger partial charge on any atom is 0.338 e. The molecule has 0 radical (unpaired) electrons. The Hall–Kier alpha value is -4.79. The van der Waals surface area contributed by atoms with Crippen LogP contribution in [0.3, 0.4) is 0 Å². The number of amides is 3. The summed E-state index contributed by atoms with van der Waals surface area (Å²) in [4.78, 5) is 67.5. The van der Waals surface area contributed by atoms with Gasteiger partial charge in [0, 0.05) is 17.5 Å². The van der Waals surface area contributed by atoms with E-state index in [9.17, 15) is 24.0 Å². The van der Waals surface area contributed by atoms with Gasteiger partial charge in [0.25, 0.3) is 5.91 Å². The van der Waals surface area contributed by atoms with Crippen LogP contribution in [-0.4, -0.2) is 53.8 Å². The summed E-state index contributed by atoms with van der Waals surface area (Å²) in [6.07, 6.45) is 0.210. The van der Waals surface area contributed by atoms with E-state index in [0.717, 1.165) is 27.2 Å². The van der Waals surface area contributed by atoms with Gasteiger partial charge in [-0.25, -0.2) is 9.59 Å². The molecule has 3 aliphatic carbocycles. The first-order valence-corrected chi connectivity index (χ1v) is 15.0. The van der Waals surface area contributed by atoms with Gasteiger partial charge in [0.15, 0.2) is 6.61 Å². The normalized spacial score (nSPS) is 21.8. The molecule has 0 unspecified atom stereocenters. The van der Waals surface area contributed by atoms with Crippen LogP contribution in [0, 0.1) is 17.8 Å². The highest BCUT2D eigenvalue weighted by molar-refractivity contribution is 6.10. The van der Waals surface area contributed by atoms with Crippen molar-refractivity contribution in [2.45, 2.75) is 45.1 Å². The molecule has 3 amide bonds. The van der Waals surface area contributed by atoms with Crippen molar-refractivity contribution in [3.05, 3.63) is 101 Å². The van der Waals surface area contributed by atoms with E-state index in [1.807, 2.05) is 62.4 Å². The number of nitrogens with one attached hydrogen (secondary N) is 1. The van der Waals surface area contributed by atoms with Gasteiger partial charge in [-0.3, -0.25) is 19.3 Å². The first-order chi connectivity index (χ1) is 21.2. The maximum absolute atomic E-state index is 14.2. The van der Waals surface area contributed by atoms with Gasteiger partial charge in [0.2, 0.25) is 11.8 Å². The van der Waals surface area contributed by atoms with Crippen molar-refractivity contribution in [1.29, 1.82) is 0 Å². The smallest absolute Gasteiger partial charge is 0.338 e. The van der Waals surface area contributed by atoms with Gasteiger partial charge in [-0.1, -0.05) is 62.4 Å². The Kier molecular flexibility index (Phi) is 7.80. The predicted octanol–water partition coefficient (Wildman–Crippen LogP) is 4.65. The van der Waals surface area contributed by atoms with Gasteiger partial charge < -0.3 is 14.8 Å². The molecule has 1 heterocycles. The van der Waals surface area contributed by atoms with Crippen molar-refractivity contribution in [2.24, 2.45) is 17.8 Å². The molecule has 4 aliphatic rings. The third kappa shape index (κ3) is 4.96. The molecule has 226 valence electrons. The molecular weight excluding hydrogens is 560 g/mol. The van der Waals surface area contributed by atoms with Gasteiger partial charge in [0.05, 0.1) is 24.0 Å². The monoisotopic (exact) mass is 594 g/mol. The number of anilines is 1. The quantitative estimate of drug-likeness (QED) is 0.283. The lowest BCUT2D eigenvalue weighted by Crippen LogP contribution is -2.47. The lowest BCUT2D eigenvalue weighted by Gasteiger charge is -2.45. The summed E-state index contributed by atoms with van der Waals surface area (Å²) in [6, 6.07) is 20.9. The zero-order chi connectivity index (χ0) is 31.1. The Balaban J connectivity index is 1.20. The summed E-state index contributed by atoms with van der Waals surface area (Å²) in [7, 11) is 0. The Bertz CT molecular complexity index is 1530. The van der Waals surface area contributed by atoms with E-state index < -0.39 is 42.3 Å². The highest BCUT2D eigenvalue weighted by Crippen LogP contribution is 2.61. The first kappa shape index (κ1) is 29.3. The van der Waals surface area contributed by atoms with Crippen LogP contribution in [0.5, 0.6) is 0 Å². The van der Waals surface area contributed by atoms with Gasteiger partial charge in [-0.2, -0.15) is 0 Å². The molecule has 0 saturated carbocycles. The van der Waals surface area contributed by atoms with Crippen LogP contribution in [0.1, 0.15) is 71.6 Å². The van der Waals surface area contributed by atoms with E-state index in [1.54, 1.807) is 19.1 Å². The number of likely N-dealkylation sites (tertiary alicyclic amines) is 1. The molecule has 9 nitrogen and oxygen atoms in total. The summed E-state index contributed by atoms with van der Waals surface area (Å²) in [5, 5.41) is 2.63. The summed E-state index contributed by atoms with van der Waals surface area (Å²) < 4.78 is 10.4. The molecule has 0 spiro atoms. The van der Waals surface area contributed by atoms with Gasteiger partial charge in [-0.15, -0.1) is 0 Å². The van der Waals surface area contributed by atoms with E-state index in [2.05, 4.69) is 5.32 Å². The second-order valence-electron chi connectivity index (χ2n) is 11.9. The molecule has 7 rings (SSSR count). The van der Waals surface area contributed by atoms with Crippen molar-refractivity contribution < 1.29 is 33.4 Å². The zero-order valence-corrected chi connectivity index (χ0v) is 24.8. The maximum atomic E-state index is 14.2. The van der Waals surface area contributed by atoms with Crippen molar-refractivity contribution in [3.8, 4) is 0 Å². The highest BCUT2D eigenvalue weighted by Gasteiger charge is 2.63. The van der Waals surface area contributed by atoms with Crippen LogP contribution in [0.25, 0.3) is 0 Å². The second-order valence-corrected chi connectivity index (χ2v) is 11.9. The number of hydrogen-bond acceptors (Lipinski definition) is 7. The summed E-state index contributed by atoms with van der Waals surface area (Å²) >= 11 is 0. The van der Waals surface area contributed by atoms with E-state index in [1.165, 1.54) is 12.1 Å². The number of esters is 2. The average molecular weight is 595 g/mol. The number of carbonyl (C=O) groups excluding carboxylic acids is 5. The number of imide groups is 1. The van der Waals surface area contributed by atoms with Crippen molar-refractivity contribution in [3.63, 3.8) is 0 Å². The number of carbonyl (C=O) groups is 5. The van der Waals surface area contributed by atoms with Crippen LogP contribution in [0.2, 0.25) is 0 Å². The topological polar surface area (TPSA) is 119 Å². The minimum atomic E-state index is -1.15. The molecule has 3 aromatic carbocycles. The minimum absolute atomic E-state index is 0.0337. The largest absolute Gasteiger partial charge is 0.462 e. The molecular formula is C35H34N2O7. The predicted molar refractivity (Wildman–Crippen MR) is 161 cm³/mol. The third-order valence-corrected chi connectivity index (χ3v) is 8.79. The number of benzene rings is 3. The van der Waals surface area contributed by atoms with Crippen LogP contribution in [0.15, 0.2) is 72.8 Å². The number of rotatable bonds is 9. The van der Waals surface area contributed by atoms with Gasteiger partial charge in [0.1, 0.15) is 6.04 Å². The summed E-state index contributed by atoms with van der Waals surface area (Å²) in [6.45, 7) is 5.17. The van der Waals surface area contributed by atoms with E-state index >= 15 is 0 Å². The number of hydrogen-bond donors (Lipinski definition) is 1.